The number of nitrogens with one attached hydrogen (secondary N) is 1. The van der Waals surface area contributed by atoms with Crippen LogP contribution in [0.3, 0.4) is 0 Å². The second-order valence-corrected chi connectivity index (χ2v) is 9.00. The Hall–Kier alpha value is -1.74. The molecule has 5 nitrogen and oxygen atoms in total. The highest BCUT2D eigenvalue weighted by atomic mass is 35.5. The van der Waals surface area contributed by atoms with Crippen LogP contribution in [0.25, 0.3) is 0 Å². The number of hydrogen-bond donors (Lipinski definition) is 1. The van der Waals surface area contributed by atoms with E-state index in [9.17, 15) is 22.0 Å². The Morgan fingerprint density at radius 3 is 2.04 bits per heavy atom. The van der Waals surface area contributed by atoms with Gasteiger partial charge in [-0.05, 0) is 37.1 Å². The Morgan fingerprint density at radius 1 is 1.00 bits per heavy atom. The minimum absolute atomic E-state index is 0.0161. The molecule has 10 heteroatoms. The summed E-state index contributed by atoms with van der Waals surface area (Å²) in [7, 11) is -3.93. The van der Waals surface area contributed by atoms with Gasteiger partial charge in [0.25, 0.3) is 0 Å². The SMILES string of the molecule is O=C(Nc1c(F)cccc1F)C1CCN(S(=O)(=O)c2c(Cl)cccc2Cl)CC1. The number of hydrogen-bond acceptors (Lipinski definition) is 3. The number of piperidine rings is 1. The zero-order valence-corrected chi connectivity index (χ0v) is 16.8. The molecule has 0 aromatic heterocycles. The van der Waals surface area contributed by atoms with E-state index < -0.39 is 39.2 Å². The lowest BCUT2D eigenvalue weighted by Gasteiger charge is -2.31. The fraction of sp³-hybridized carbons (Fsp3) is 0.278. The van der Waals surface area contributed by atoms with Crippen molar-refractivity contribution in [3.05, 3.63) is 58.1 Å². The van der Waals surface area contributed by atoms with E-state index in [1.165, 1.54) is 22.5 Å². The van der Waals surface area contributed by atoms with Crippen molar-refractivity contribution in [1.82, 2.24) is 4.31 Å². The predicted molar refractivity (Wildman–Crippen MR) is 103 cm³/mol. The molecule has 0 bridgehead atoms. The average molecular weight is 449 g/mol. The molecule has 0 atom stereocenters. The minimum Gasteiger partial charge on any atom is -0.321 e. The van der Waals surface area contributed by atoms with E-state index >= 15 is 0 Å². The Kier molecular flexibility index (Phi) is 6.24. The smallest absolute Gasteiger partial charge is 0.246 e. The Balaban J connectivity index is 1.70. The van der Waals surface area contributed by atoms with Gasteiger partial charge >= 0.3 is 0 Å². The van der Waals surface area contributed by atoms with Crippen LogP contribution in [0.2, 0.25) is 10.0 Å². The molecular formula is C18H16Cl2F2N2O3S. The molecule has 0 spiro atoms. The molecule has 1 fully saturated rings. The van der Waals surface area contributed by atoms with E-state index in [-0.39, 0.29) is 40.9 Å². The highest BCUT2D eigenvalue weighted by Crippen LogP contribution is 2.33. The maximum Gasteiger partial charge on any atom is 0.246 e. The minimum atomic E-state index is -3.93. The fourth-order valence-electron chi connectivity index (χ4n) is 3.06. The molecule has 28 heavy (non-hydrogen) atoms. The van der Waals surface area contributed by atoms with Gasteiger partial charge in [0.05, 0.1) is 10.0 Å². The van der Waals surface area contributed by atoms with Gasteiger partial charge in [-0.25, -0.2) is 17.2 Å². The van der Waals surface area contributed by atoms with Crippen LogP contribution in [0.1, 0.15) is 12.8 Å². The van der Waals surface area contributed by atoms with Crippen LogP contribution in [0.4, 0.5) is 14.5 Å². The predicted octanol–water partition coefficient (Wildman–Crippen LogP) is 4.31. The van der Waals surface area contributed by atoms with E-state index in [0.717, 1.165) is 12.1 Å². The number of carbonyl (C=O) groups excluding carboxylic acids is 1. The first-order chi connectivity index (χ1) is 13.2. The van der Waals surface area contributed by atoms with Crippen LogP contribution >= 0.6 is 23.2 Å². The van der Waals surface area contributed by atoms with Gasteiger partial charge in [-0.1, -0.05) is 35.3 Å². The molecule has 2 aromatic rings. The first kappa shape index (κ1) is 21.0. The molecule has 1 N–H and O–H groups in total. The van der Waals surface area contributed by atoms with Gasteiger partial charge in [0.15, 0.2) is 0 Å². The van der Waals surface area contributed by atoms with E-state index in [1.807, 2.05) is 0 Å². The molecule has 1 saturated heterocycles. The van der Waals surface area contributed by atoms with Crippen molar-refractivity contribution in [2.75, 3.05) is 18.4 Å². The summed E-state index contributed by atoms with van der Waals surface area (Å²) in [6, 6.07) is 7.70. The molecule has 1 aliphatic rings. The first-order valence-electron chi connectivity index (χ1n) is 8.41. The number of benzene rings is 2. The average Bonchev–Trinajstić information content (AvgIpc) is 2.64. The van der Waals surface area contributed by atoms with Crippen molar-refractivity contribution in [3.63, 3.8) is 0 Å². The quantitative estimate of drug-likeness (QED) is 0.757. The van der Waals surface area contributed by atoms with Crippen molar-refractivity contribution >= 4 is 44.8 Å². The van der Waals surface area contributed by atoms with Gasteiger partial charge in [0, 0.05) is 19.0 Å². The Bertz CT molecular complexity index is 969. The van der Waals surface area contributed by atoms with Crippen molar-refractivity contribution in [3.8, 4) is 0 Å². The first-order valence-corrected chi connectivity index (χ1v) is 10.6. The zero-order chi connectivity index (χ0) is 20.5. The van der Waals surface area contributed by atoms with E-state index in [1.54, 1.807) is 6.07 Å². The zero-order valence-electron chi connectivity index (χ0n) is 14.5. The number of sulfonamides is 1. The third kappa shape index (κ3) is 4.15. The largest absolute Gasteiger partial charge is 0.321 e. The van der Waals surface area contributed by atoms with Gasteiger partial charge in [-0.3, -0.25) is 4.79 Å². The lowest BCUT2D eigenvalue weighted by molar-refractivity contribution is -0.121. The van der Waals surface area contributed by atoms with E-state index in [2.05, 4.69) is 5.32 Å². The van der Waals surface area contributed by atoms with Gasteiger partial charge in [-0.15, -0.1) is 0 Å². The molecule has 3 rings (SSSR count). The summed E-state index contributed by atoms with van der Waals surface area (Å²) in [6.45, 7) is 0.115. The number of para-hydroxylation sites is 1. The topological polar surface area (TPSA) is 66.5 Å². The molecule has 1 aliphatic heterocycles. The number of carbonyl (C=O) groups is 1. The molecule has 1 heterocycles. The molecule has 0 unspecified atom stereocenters. The fourth-order valence-corrected chi connectivity index (χ4v) is 5.62. The lowest BCUT2D eigenvalue weighted by Crippen LogP contribution is -2.41. The van der Waals surface area contributed by atoms with Crippen molar-refractivity contribution in [2.45, 2.75) is 17.7 Å². The van der Waals surface area contributed by atoms with Gasteiger partial charge in [0.2, 0.25) is 15.9 Å². The molecule has 0 aliphatic carbocycles. The molecule has 0 saturated carbocycles. The van der Waals surface area contributed by atoms with Gasteiger partial charge in [0.1, 0.15) is 22.2 Å². The molecule has 2 aromatic carbocycles. The highest BCUT2D eigenvalue weighted by Gasteiger charge is 2.34. The second-order valence-electron chi connectivity index (χ2n) is 6.32. The summed E-state index contributed by atoms with van der Waals surface area (Å²) >= 11 is 12.0. The van der Waals surface area contributed by atoms with Crippen molar-refractivity contribution in [1.29, 1.82) is 0 Å². The summed E-state index contributed by atoms with van der Waals surface area (Å²) in [6.07, 6.45) is 0.395. The lowest BCUT2D eigenvalue weighted by atomic mass is 9.97. The maximum absolute atomic E-state index is 13.7. The highest BCUT2D eigenvalue weighted by molar-refractivity contribution is 7.89. The molecule has 150 valence electrons. The van der Waals surface area contributed by atoms with Gasteiger partial charge in [-0.2, -0.15) is 4.31 Å². The summed E-state index contributed by atoms with van der Waals surface area (Å²) in [5.74, 6) is -2.88. The number of anilines is 1. The summed E-state index contributed by atoms with van der Waals surface area (Å²) in [5.41, 5.74) is -0.509. The summed E-state index contributed by atoms with van der Waals surface area (Å²) in [4.78, 5) is 12.2. The molecule has 1 amide bonds. The van der Waals surface area contributed by atoms with Gasteiger partial charge < -0.3 is 5.32 Å². The van der Waals surface area contributed by atoms with E-state index in [4.69, 9.17) is 23.2 Å². The van der Waals surface area contributed by atoms with Crippen LogP contribution in [0.15, 0.2) is 41.3 Å². The second kappa shape index (κ2) is 8.32. The Morgan fingerprint density at radius 2 is 1.50 bits per heavy atom. The summed E-state index contributed by atoms with van der Waals surface area (Å²) in [5, 5.41) is 2.28. The van der Waals surface area contributed by atoms with Crippen LogP contribution in [0, 0.1) is 17.6 Å². The molecule has 0 radical (unpaired) electrons. The Labute approximate surface area is 171 Å². The standard InChI is InChI=1S/C18H16Cl2F2N2O3S/c19-12-3-1-4-13(20)17(12)28(26,27)24-9-7-11(8-10-24)18(25)23-16-14(21)5-2-6-15(16)22/h1-6,11H,7-10H2,(H,23,25). The van der Waals surface area contributed by atoms with Crippen LogP contribution in [0.5, 0.6) is 0 Å². The normalized spacial score (nSPS) is 16.1. The van der Waals surface area contributed by atoms with E-state index in [0.29, 0.717) is 0 Å². The third-order valence-corrected chi connectivity index (χ3v) is 7.41. The number of nitrogens with zero attached hydrogens (tertiary/aromatic N) is 1. The van der Waals surface area contributed by atoms with Crippen LogP contribution in [-0.4, -0.2) is 31.7 Å². The monoisotopic (exact) mass is 448 g/mol. The van der Waals surface area contributed by atoms with Crippen LogP contribution in [-0.2, 0) is 14.8 Å². The summed E-state index contributed by atoms with van der Waals surface area (Å²) < 4.78 is 54.3. The van der Waals surface area contributed by atoms with Crippen LogP contribution < -0.4 is 5.32 Å². The third-order valence-electron chi connectivity index (χ3n) is 4.55. The number of rotatable bonds is 4. The number of amides is 1. The van der Waals surface area contributed by atoms with Crippen molar-refractivity contribution < 1.29 is 22.0 Å². The number of halogens is 4. The van der Waals surface area contributed by atoms with Crippen molar-refractivity contribution in [2.24, 2.45) is 5.92 Å². The maximum atomic E-state index is 13.7. The molecular weight excluding hydrogens is 433 g/mol.